The van der Waals surface area contributed by atoms with Crippen LogP contribution in [0.15, 0.2) is 42.5 Å². The van der Waals surface area contributed by atoms with E-state index in [0.717, 1.165) is 16.3 Å². The third-order valence-electron chi connectivity index (χ3n) is 3.44. The molecule has 0 spiro atoms. The van der Waals surface area contributed by atoms with E-state index in [1.807, 2.05) is 49.4 Å². The zero-order chi connectivity index (χ0) is 15.2. The summed E-state index contributed by atoms with van der Waals surface area (Å²) in [5.74, 6) is -1.24. The lowest BCUT2D eigenvalue weighted by molar-refractivity contribution is -0.141. The molecule has 0 aliphatic carbocycles. The highest BCUT2D eigenvalue weighted by Crippen LogP contribution is 2.18. The largest absolute Gasteiger partial charge is 0.480 e. The van der Waals surface area contributed by atoms with Crippen molar-refractivity contribution < 1.29 is 14.7 Å². The number of carboxylic acids is 1. The Bertz CT molecular complexity index is 646. The molecule has 1 amide bonds. The predicted molar refractivity (Wildman–Crippen MR) is 82.1 cm³/mol. The number of hydrogen-bond acceptors (Lipinski definition) is 2. The molecule has 0 bridgehead atoms. The molecular weight excluding hydrogens is 266 g/mol. The molecule has 0 fully saturated rings. The molecule has 1 unspecified atom stereocenters. The topological polar surface area (TPSA) is 66.4 Å². The number of benzene rings is 2. The first-order valence-electron chi connectivity index (χ1n) is 7.10. The van der Waals surface area contributed by atoms with Gasteiger partial charge in [0.1, 0.15) is 6.04 Å². The maximum absolute atomic E-state index is 12.1. The molecule has 2 aromatic carbocycles. The zero-order valence-electron chi connectivity index (χ0n) is 12.0. The molecule has 0 aliphatic rings. The lowest BCUT2D eigenvalue weighted by Gasteiger charge is -2.14. The normalized spacial score (nSPS) is 12.0. The minimum absolute atomic E-state index is 0.189. The van der Waals surface area contributed by atoms with Gasteiger partial charge in [-0.05, 0) is 22.8 Å². The van der Waals surface area contributed by atoms with E-state index in [1.54, 1.807) is 0 Å². The molecule has 0 radical (unpaired) electrons. The molecule has 0 heterocycles. The number of aliphatic carboxylic acids is 1. The molecule has 0 saturated heterocycles. The summed E-state index contributed by atoms with van der Waals surface area (Å²) in [5, 5.41) is 13.8. The molecule has 2 N–H and O–H groups in total. The minimum Gasteiger partial charge on any atom is -0.480 e. The number of amides is 1. The fraction of sp³-hybridized carbons (Fsp3) is 0.294. The molecule has 4 nitrogen and oxygen atoms in total. The van der Waals surface area contributed by atoms with E-state index in [4.69, 9.17) is 5.11 Å². The van der Waals surface area contributed by atoms with E-state index in [1.165, 1.54) is 0 Å². The van der Waals surface area contributed by atoms with Crippen LogP contribution in [-0.4, -0.2) is 23.0 Å². The highest BCUT2D eigenvalue weighted by molar-refractivity contribution is 5.91. The average molecular weight is 285 g/mol. The van der Waals surface area contributed by atoms with E-state index in [-0.39, 0.29) is 12.3 Å². The first-order valence-corrected chi connectivity index (χ1v) is 7.10. The second kappa shape index (κ2) is 6.88. The number of nitrogens with one attached hydrogen (secondary N) is 1. The number of hydrogen-bond donors (Lipinski definition) is 2. The van der Waals surface area contributed by atoms with E-state index < -0.39 is 12.0 Å². The molecule has 110 valence electrons. The summed E-state index contributed by atoms with van der Waals surface area (Å²) in [7, 11) is 0. The molecule has 4 heteroatoms. The number of carbonyl (C=O) groups excluding carboxylic acids is 1. The van der Waals surface area contributed by atoms with Gasteiger partial charge in [0.05, 0.1) is 6.42 Å². The Morgan fingerprint density at radius 1 is 1.14 bits per heavy atom. The van der Waals surface area contributed by atoms with Crippen molar-refractivity contribution in [3.05, 3.63) is 48.0 Å². The summed E-state index contributed by atoms with van der Waals surface area (Å²) in [5.41, 5.74) is 0.909. The van der Waals surface area contributed by atoms with E-state index >= 15 is 0 Å². The van der Waals surface area contributed by atoms with Crippen LogP contribution in [0.3, 0.4) is 0 Å². The van der Waals surface area contributed by atoms with Gasteiger partial charge < -0.3 is 10.4 Å². The minimum atomic E-state index is -0.983. The maximum Gasteiger partial charge on any atom is 0.326 e. The molecule has 0 aromatic heterocycles. The molecule has 2 aromatic rings. The fourth-order valence-electron chi connectivity index (χ4n) is 2.41. The summed E-state index contributed by atoms with van der Waals surface area (Å²) in [6.45, 7) is 1.90. The monoisotopic (exact) mass is 285 g/mol. The predicted octanol–water partition coefficient (Wildman–Crippen LogP) is 2.75. The Kier molecular flexibility index (Phi) is 4.93. The van der Waals surface area contributed by atoms with Crippen LogP contribution < -0.4 is 5.32 Å². The Balaban J connectivity index is 2.13. The molecule has 1 atom stereocenters. The Labute approximate surface area is 123 Å². The van der Waals surface area contributed by atoms with Gasteiger partial charge in [0.25, 0.3) is 0 Å². The van der Waals surface area contributed by atoms with Crippen LogP contribution in [-0.2, 0) is 16.0 Å². The highest BCUT2D eigenvalue weighted by atomic mass is 16.4. The quantitative estimate of drug-likeness (QED) is 0.857. The van der Waals surface area contributed by atoms with Crippen molar-refractivity contribution in [3.63, 3.8) is 0 Å². The number of rotatable bonds is 6. The van der Waals surface area contributed by atoms with Gasteiger partial charge >= 0.3 is 5.97 Å². The van der Waals surface area contributed by atoms with E-state index in [9.17, 15) is 9.59 Å². The van der Waals surface area contributed by atoms with Crippen molar-refractivity contribution in [2.24, 2.45) is 0 Å². The van der Waals surface area contributed by atoms with Crippen molar-refractivity contribution in [1.82, 2.24) is 5.32 Å². The summed E-state index contributed by atoms with van der Waals surface area (Å²) in [6.07, 6.45) is 1.34. The molecule has 0 aliphatic heterocycles. The summed E-state index contributed by atoms with van der Waals surface area (Å²) >= 11 is 0. The van der Waals surface area contributed by atoms with Crippen LogP contribution >= 0.6 is 0 Å². The zero-order valence-corrected chi connectivity index (χ0v) is 12.0. The Hall–Kier alpha value is -2.36. The first-order chi connectivity index (χ1) is 10.1. The van der Waals surface area contributed by atoms with Crippen LogP contribution in [0.1, 0.15) is 25.3 Å². The molecular formula is C17H19NO3. The van der Waals surface area contributed by atoms with Crippen molar-refractivity contribution in [1.29, 1.82) is 0 Å². The highest BCUT2D eigenvalue weighted by Gasteiger charge is 2.19. The first kappa shape index (κ1) is 15.0. The fourth-order valence-corrected chi connectivity index (χ4v) is 2.41. The number of carboxylic acid groups (broad SMARTS) is 1. The summed E-state index contributed by atoms with van der Waals surface area (Å²) in [6, 6.07) is 12.8. The number of carbonyl (C=O) groups is 2. The standard InChI is InChI=1S/C17H19NO3/c1-2-6-15(17(20)21)18-16(19)11-13-9-5-8-12-7-3-4-10-14(12)13/h3-5,7-10,15H,2,6,11H2,1H3,(H,18,19)(H,20,21). The van der Waals surface area contributed by atoms with Gasteiger partial charge in [0.2, 0.25) is 5.91 Å². The van der Waals surface area contributed by atoms with Crippen LogP contribution in [0.2, 0.25) is 0 Å². The molecule has 21 heavy (non-hydrogen) atoms. The summed E-state index contributed by atoms with van der Waals surface area (Å²) in [4.78, 5) is 23.1. The smallest absolute Gasteiger partial charge is 0.326 e. The van der Waals surface area contributed by atoms with Gasteiger partial charge in [-0.2, -0.15) is 0 Å². The molecule has 2 rings (SSSR count). The van der Waals surface area contributed by atoms with E-state index in [2.05, 4.69) is 5.32 Å². The van der Waals surface area contributed by atoms with Crippen LogP contribution in [0.4, 0.5) is 0 Å². The lowest BCUT2D eigenvalue weighted by atomic mass is 10.0. The summed E-state index contributed by atoms with van der Waals surface area (Å²) < 4.78 is 0. The van der Waals surface area contributed by atoms with Gasteiger partial charge in [-0.1, -0.05) is 55.8 Å². The van der Waals surface area contributed by atoms with E-state index in [0.29, 0.717) is 12.8 Å². The van der Waals surface area contributed by atoms with Crippen LogP contribution in [0.25, 0.3) is 10.8 Å². The van der Waals surface area contributed by atoms with Crippen molar-refractivity contribution in [2.45, 2.75) is 32.2 Å². The maximum atomic E-state index is 12.1. The van der Waals surface area contributed by atoms with Crippen molar-refractivity contribution in [2.75, 3.05) is 0 Å². The van der Waals surface area contributed by atoms with Gasteiger partial charge in [0, 0.05) is 0 Å². The molecule has 0 saturated carbocycles. The third kappa shape index (κ3) is 3.81. The van der Waals surface area contributed by atoms with Crippen molar-refractivity contribution >= 4 is 22.6 Å². The second-order valence-corrected chi connectivity index (χ2v) is 5.06. The second-order valence-electron chi connectivity index (χ2n) is 5.06. The Morgan fingerprint density at radius 3 is 2.57 bits per heavy atom. The third-order valence-corrected chi connectivity index (χ3v) is 3.44. The van der Waals surface area contributed by atoms with Crippen LogP contribution in [0, 0.1) is 0 Å². The van der Waals surface area contributed by atoms with Crippen molar-refractivity contribution in [3.8, 4) is 0 Å². The number of fused-ring (bicyclic) bond motifs is 1. The van der Waals surface area contributed by atoms with Crippen LogP contribution in [0.5, 0.6) is 0 Å². The van der Waals surface area contributed by atoms with Gasteiger partial charge in [-0.15, -0.1) is 0 Å². The average Bonchev–Trinajstić information content (AvgIpc) is 2.47. The lowest BCUT2D eigenvalue weighted by Crippen LogP contribution is -2.41. The van der Waals surface area contributed by atoms with Gasteiger partial charge in [0.15, 0.2) is 0 Å². The van der Waals surface area contributed by atoms with Gasteiger partial charge in [-0.25, -0.2) is 4.79 Å². The van der Waals surface area contributed by atoms with Gasteiger partial charge in [-0.3, -0.25) is 4.79 Å². The Morgan fingerprint density at radius 2 is 1.86 bits per heavy atom. The SMILES string of the molecule is CCCC(NC(=O)Cc1cccc2ccccc12)C(=O)O.